The zero-order valence-corrected chi connectivity index (χ0v) is 11.6. The van der Waals surface area contributed by atoms with Crippen molar-refractivity contribution in [3.8, 4) is 5.75 Å². The molecule has 0 amide bonds. The standard InChI is InChI=1S/C14H11BrF2O2/c1-19-11-7-2-4-8(13(11)17)14(18)12-9(15)5-3-6-10(12)16/h2-7,14,18H,1H3. The van der Waals surface area contributed by atoms with E-state index in [-0.39, 0.29) is 16.9 Å². The van der Waals surface area contributed by atoms with E-state index in [0.717, 1.165) is 0 Å². The minimum Gasteiger partial charge on any atom is -0.494 e. The fraction of sp³-hybridized carbons (Fsp3) is 0.143. The van der Waals surface area contributed by atoms with Gasteiger partial charge in [-0.3, -0.25) is 0 Å². The molecule has 0 fully saturated rings. The fourth-order valence-corrected chi connectivity index (χ4v) is 2.38. The number of hydrogen-bond donors (Lipinski definition) is 1. The van der Waals surface area contributed by atoms with E-state index in [1.54, 1.807) is 6.07 Å². The highest BCUT2D eigenvalue weighted by atomic mass is 79.9. The Bertz CT molecular complexity index is 582. The van der Waals surface area contributed by atoms with E-state index in [4.69, 9.17) is 4.74 Å². The lowest BCUT2D eigenvalue weighted by Gasteiger charge is -2.16. The van der Waals surface area contributed by atoms with Crippen molar-refractivity contribution in [2.45, 2.75) is 6.10 Å². The van der Waals surface area contributed by atoms with Gasteiger partial charge >= 0.3 is 0 Å². The molecule has 0 heterocycles. The molecule has 0 aromatic heterocycles. The van der Waals surface area contributed by atoms with Gasteiger partial charge in [0.05, 0.1) is 7.11 Å². The molecule has 100 valence electrons. The average molecular weight is 329 g/mol. The number of methoxy groups -OCH3 is 1. The van der Waals surface area contributed by atoms with E-state index in [2.05, 4.69) is 15.9 Å². The first-order valence-electron chi connectivity index (χ1n) is 5.50. The minimum absolute atomic E-state index is 0.00371. The Hall–Kier alpha value is -1.46. The molecule has 19 heavy (non-hydrogen) atoms. The van der Waals surface area contributed by atoms with Crippen molar-refractivity contribution in [2.75, 3.05) is 7.11 Å². The molecule has 1 atom stereocenters. The molecule has 0 aliphatic carbocycles. The van der Waals surface area contributed by atoms with Crippen molar-refractivity contribution in [1.82, 2.24) is 0 Å². The van der Waals surface area contributed by atoms with Crippen LogP contribution in [0.4, 0.5) is 8.78 Å². The van der Waals surface area contributed by atoms with Gasteiger partial charge < -0.3 is 9.84 Å². The highest BCUT2D eigenvalue weighted by molar-refractivity contribution is 9.10. The van der Waals surface area contributed by atoms with Gasteiger partial charge in [0.25, 0.3) is 0 Å². The summed E-state index contributed by atoms with van der Waals surface area (Å²) in [5, 5.41) is 10.2. The zero-order chi connectivity index (χ0) is 14.0. The molecule has 1 N–H and O–H groups in total. The van der Waals surface area contributed by atoms with Gasteiger partial charge in [0, 0.05) is 15.6 Å². The number of aliphatic hydroxyl groups is 1. The van der Waals surface area contributed by atoms with Crippen LogP contribution in [0.3, 0.4) is 0 Å². The van der Waals surface area contributed by atoms with Crippen molar-refractivity contribution in [1.29, 1.82) is 0 Å². The summed E-state index contributed by atoms with van der Waals surface area (Å²) < 4.78 is 33.0. The Morgan fingerprint density at radius 3 is 2.47 bits per heavy atom. The summed E-state index contributed by atoms with van der Waals surface area (Å²) in [6.45, 7) is 0. The lowest BCUT2D eigenvalue weighted by atomic mass is 10.0. The second-order valence-corrected chi connectivity index (χ2v) is 4.76. The number of hydrogen-bond acceptors (Lipinski definition) is 2. The third-order valence-electron chi connectivity index (χ3n) is 2.78. The Morgan fingerprint density at radius 2 is 1.84 bits per heavy atom. The predicted molar refractivity (Wildman–Crippen MR) is 71.1 cm³/mol. The summed E-state index contributed by atoms with van der Waals surface area (Å²) in [6.07, 6.45) is -1.41. The third kappa shape index (κ3) is 2.62. The van der Waals surface area contributed by atoms with Crippen molar-refractivity contribution in [2.24, 2.45) is 0 Å². The molecular formula is C14H11BrF2O2. The van der Waals surface area contributed by atoms with Crippen LogP contribution in [0.25, 0.3) is 0 Å². The topological polar surface area (TPSA) is 29.5 Å². The second-order valence-electron chi connectivity index (χ2n) is 3.90. The van der Waals surface area contributed by atoms with E-state index in [0.29, 0.717) is 4.47 Å². The quantitative estimate of drug-likeness (QED) is 0.928. The van der Waals surface area contributed by atoms with Crippen molar-refractivity contribution >= 4 is 15.9 Å². The normalized spacial score (nSPS) is 12.3. The molecule has 1 unspecified atom stereocenters. The number of halogens is 3. The first-order valence-corrected chi connectivity index (χ1v) is 6.30. The van der Waals surface area contributed by atoms with Gasteiger partial charge in [-0.2, -0.15) is 0 Å². The average Bonchev–Trinajstić information content (AvgIpc) is 2.38. The highest BCUT2D eigenvalue weighted by Gasteiger charge is 2.22. The maximum absolute atomic E-state index is 14.0. The number of aliphatic hydroxyl groups excluding tert-OH is 1. The molecule has 5 heteroatoms. The van der Waals surface area contributed by atoms with E-state index >= 15 is 0 Å². The van der Waals surface area contributed by atoms with E-state index in [9.17, 15) is 13.9 Å². The monoisotopic (exact) mass is 328 g/mol. The van der Waals surface area contributed by atoms with E-state index < -0.39 is 17.7 Å². The number of benzene rings is 2. The maximum Gasteiger partial charge on any atom is 0.171 e. The Kier molecular flexibility index (Phi) is 4.17. The first-order chi connectivity index (χ1) is 9.06. The summed E-state index contributed by atoms with van der Waals surface area (Å²) in [6, 6.07) is 8.65. The van der Waals surface area contributed by atoms with Crippen LogP contribution in [-0.2, 0) is 0 Å². The van der Waals surface area contributed by atoms with Crippen molar-refractivity contribution in [3.05, 3.63) is 63.6 Å². The largest absolute Gasteiger partial charge is 0.494 e. The summed E-state index contributed by atoms with van der Waals surface area (Å²) in [7, 11) is 1.33. The van der Waals surface area contributed by atoms with Crippen molar-refractivity contribution < 1.29 is 18.6 Å². The summed E-state index contributed by atoms with van der Waals surface area (Å²) in [5.41, 5.74) is -0.0418. The van der Waals surface area contributed by atoms with Gasteiger partial charge in [-0.15, -0.1) is 0 Å². The van der Waals surface area contributed by atoms with Crippen molar-refractivity contribution in [3.63, 3.8) is 0 Å². The summed E-state index contributed by atoms with van der Waals surface area (Å²) in [4.78, 5) is 0. The lowest BCUT2D eigenvalue weighted by molar-refractivity contribution is 0.207. The van der Waals surface area contributed by atoms with Crippen LogP contribution in [0, 0.1) is 11.6 Å². The molecule has 0 aliphatic rings. The van der Waals surface area contributed by atoms with Crippen LogP contribution in [0.5, 0.6) is 5.75 Å². The lowest BCUT2D eigenvalue weighted by Crippen LogP contribution is -2.07. The smallest absolute Gasteiger partial charge is 0.171 e. The molecule has 0 saturated heterocycles. The molecule has 0 bridgehead atoms. The van der Waals surface area contributed by atoms with Crippen LogP contribution in [0.1, 0.15) is 17.2 Å². The predicted octanol–water partition coefficient (Wildman–Crippen LogP) is 3.82. The molecule has 0 aliphatic heterocycles. The van der Waals surface area contributed by atoms with Gasteiger partial charge in [0.15, 0.2) is 11.6 Å². The SMILES string of the molecule is COc1cccc(C(O)c2c(F)cccc2Br)c1F. The third-order valence-corrected chi connectivity index (χ3v) is 3.47. The molecule has 0 radical (unpaired) electrons. The number of ether oxygens (including phenoxy) is 1. The Balaban J connectivity index is 2.53. The molecule has 0 saturated carbocycles. The second kappa shape index (κ2) is 5.67. The van der Waals surface area contributed by atoms with Crippen LogP contribution in [0.2, 0.25) is 0 Å². The Morgan fingerprint density at radius 1 is 1.16 bits per heavy atom. The van der Waals surface area contributed by atoms with Crippen LogP contribution in [0.15, 0.2) is 40.9 Å². The molecule has 2 nitrogen and oxygen atoms in total. The van der Waals surface area contributed by atoms with Gasteiger partial charge in [-0.25, -0.2) is 8.78 Å². The fourth-order valence-electron chi connectivity index (χ4n) is 1.82. The zero-order valence-electron chi connectivity index (χ0n) is 10.0. The van der Waals surface area contributed by atoms with Gasteiger partial charge in [-0.1, -0.05) is 34.1 Å². The van der Waals surface area contributed by atoms with E-state index in [1.165, 1.54) is 37.4 Å². The molecule has 2 rings (SSSR count). The van der Waals surface area contributed by atoms with Crippen LogP contribution < -0.4 is 4.74 Å². The molecule has 0 spiro atoms. The molecule has 2 aromatic rings. The van der Waals surface area contributed by atoms with Gasteiger partial charge in [-0.05, 0) is 18.2 Å². The molecular weight excluding hydrogens is 318 g/mol. The maximum atomic E-state index is 14.0. The summed E-state index contributed by atoms with van der Waals surface area (Å²) >= 11 is 3.15. The van der Waals surface area contributed by atoms with E-state index in [1.807, 2.05) is 0 Å². The first kappa shape index (κ1) is 14.0. The molecule has 2 aromatic carbocycles. The van der Waals surface area contributed by atoms with Crippen LogP contribution >= 0.6 is 15.9 Å². The Labute approximate surface area is 117 Å². The van der Waals surface area contributed by atoms with Gasteiger partial charge in [0.1, 0.15) is 11.9 Å². The summed E-state index contributed by atoms with van der Waals surface area (Å²) in [5.74, 6) is -1.30. The van der Waals surface area contributed by atoms with Crippen LogP contribution in [-0.4, -0.2) is 12.2 Å². The minimum atomic E-state index is -1.41. The van der Waals surface area contributed by atoms with Gasteiger partial charge in [0.2, 0.25) is 0 Å². The highest BCUT2D eigenvalue weighted by Crippen LogP contribution is 2.34. The number of rotatable bonds is 3.